The Balaban J connectivity index is 1.30. The van der Waals surface area contributed by atoms with Crippen molar-refractivity contribution in [3.8, 4) is 0 Å². The van der Waals surface area contributed by atoms with Crippen molar-refractivity contribution in [3.63, 3.8) is 0 Å². The third kappa shape index (κ3) is 4.14. The lowest BCUT2D eigenvalue weighted by atomic mass is 10.2. The van der Waals surface area contributed by atoms with Crippen molar-refractivity contribution in [2.75, 3.05) is 49.1 Å². The normalized spacial score (nSPS) is 18.5. The maximum absolute atomic E-state index is 13.1. The van der Waals surface area contributed by atoms with Crippen LogP contribution in [0, 0.1) is 5.82 Å². The summed E-state index contributed by atoms with van der Waals surface area (Å²) in [4.78, 5) is 18.4. The van der Waals surface area contributed by atoms with Crippen LogP contribution in [-0.4, -0.2) is 61.3 Å². The number of fused-ring (bicyclic) bond motifs is 1. The van der Waals surface area contributed by atoms with E-state index in [2.05, 4.69) is 9.80 Å². The van der Waals surface area contributed by atoms with Gasteiger partial charge in [0.05, 0.1) is 19.1 Å². The summed E-state index contributed by atoms with van der Waals surface area (Å²) in [7, 11) is 0. The molecule has 2 aliphatic rings. The SMILES string of the molecule is O=C1Cc2cc(Cl)ccc2N1CC(O)CN1CCN(c2ccc(F)cc2)CC1. The van der Waals surface area contributed by atoms with Crippen LogP contribution in [0.25, 0.3) is 0 Å². The molecule has 148 valence electrons. The number of hydrogen-bond acceptors (Lipinski definition) is 4. The first-order valence-corrected chi connectivity index (χ1v) is 9.87. The number of piperazine rings is 1. The van der Waals surface area contributed by atoms with E-state index < -0.39 is 6.10 Å². The zero-order valence-electron chi connectivity index (χ0n) is 15.5. The van der Waals surface area contributed by atoms with Gasteiger partial charge in [-0.05, 0) is 48.0 Å². The molecule has 2 aromatic rings. The molecule has 1 fully saturated rings. The van der Waals surface area contributed by atoms with Gasteiger partial charge in [-0.1, -0.05) is 11.6 Å². The first-order chi connectivity index (χ1) is 13.5. The van der Waals surface area contributed by atoms with Crippen LogP contribution >= 0.6 is 11.6 Å². The summed E-state index contributed by atoms with van der Waals surface area (Å²) in [6.45, 7) is 4.07. The first-order valence-electron chi connectivity index (χ1n) is 9.49. The highest BCUT2D eigenvalue weighted by Gasteiger charge is 2.30. The van der Waals surface area contributed by atoms with Crippen LogP contribution in [0.1, 0.15) is 5.56 Å². The van der Waals surface area contributed by atoms with Crippen LogP contribution in [0.5, 0.6) is 0 Å². The van der Waals surface area contributed by atoms with Crippen LogP contribution in [-0.2, 0) is 11.2 Å². The lowest BCUT2D eigenvalue weighted by Crippen LogP contribution is -2.50. The van der Waals surface area contributed by atoms with E-state index in [0.29, 0.717) is 18.0 Å². The minimum atomic E-state index is -0.622. The molecule has 28 heavy (non-hydrogen) atoms. The van der Waals surface area contributed by atoms with E-state index >= 15 is 0 Å². The number of rotatable bonds is 5. The average Bonchev–Trinajstić information content (AvgIpc) is 2.97. The number of carbonyl (C=O) groups excluding carboxylic acids is 1. The Hall–Kier alpha value is -2.15. The third-order valence-electron chi connectivity index (χ3n) is 5.40. The molecular formula is C21H23ClFN3O2. The van der Waals surface area contributed by atoms with Gasteiger partial charge in [-0.2, -0.15) is 0 Å². The highest BCUT2D eigenvalue weighted by Crippen LogP contribution is 2.31. The predicted molar refractivity (Wildman–Crippen MR) is 109 cm³/mol. The molecule has 0 radical (unpaired) electrons. The number of β-amino-alcohol motifs (C(OH)–C–C–N with tert-alkyl or cyclic N) is 1. The molecule has 4 rings (SSSR count). The summed E-state index contributed by atoms with van der Waals surface area (Å²) in [5.41, 5.74) is 2.77. The molecule has 0 bridgehead atoms. The number of anilines is 2. The fourth-order valence-electron chi connectivity index (χ4n) is 3.96. The van der Waals surface area contributed by atoms with Gasteiger partial charge in [0.2, 0.25) is 5.91 Å². The minimum Gasteiger partial charge on any atom is -0.390 e. The summed E-state index contributed by atoms with van der Waals surface area (Å²) in [6.07, 6.45) is -0.290. The predicted octanol–water partition coefficient (Wildman–Crippen LogP) is 2.55. The highest BCUT2D eigenvalue weighted by atomic mass is 35.5. The van der Waals surface area contributed by atoms with Crippen molar-refractivity contribution >= 4 is 28.9 Å². The molecule has 1 amide bonds. The van der Waals surface area contributed by atoms with E-state index in [1.165, 1.54) is 12.1 Å². The van der Waals surface area contributed by atoms with E-state index in [9.17, 15) is 14.3 Å². The fraction of sp³-hybridized carbons (Fsp3) is 0.381. The van der Waals surface area contributed by atoms with E-state index in [-0.39, 0.29) is 18.3 Å². The number of aliphatic hydroxyl groups excluding tert-OH is 1. The lowest BCUT2D eigenvalue weighted by Gasteiger charge is -2.37. The molecule has 1 atom stereocenters. The topological polar surface area (TPSA) is 47.0 Å². The van der Waals surface area contributed by atoms with Crippen molar-refractivity contribution in [2.45, 2.75) is 12.5 Å². The molecule has 5 nitrogen and oxygen atoms in total. The van der Waals surface area contributed by atoms with Crippen molar-refractivity contribution in [2.24, 2.45) is 0 Å². The van der Waals surface area contributed by atoms with Gasteiger partial charge in [0, 0.05) is 49.1 Å². The molecule has 0 aliphatic carbocycles. The van der Waals surface area contributed by atoms with Crippen LogP contribution < -0.4 is 9.80 Å². The van der Waals surface area contributed by atoms with E-state index in [0.717, 1.165) is 43.1 Å². The number of aliphatic hydroxyl groups is 1. The Labute approximate surface area is 168 Å². The maximum atomic E-state index is 13.1. The van der Waals surface area contributed by atoms with Crippen molar-refractivity contribution in [3.05, 3.63) is 58.9 Å². The number of amides is 1. The Morgan fingerprint density at radius 3 is 2.46 bits per heavy atom. The van der Waals surface area contributed by atoms with Crippen molar-refractivity contribution in [1.29, 1.82) is 0 Å². The van der Waals surface area contributed by atoms with Gasteiger partial charge in [-0.3, -0.25) is 9.69 Å². The molecule has 2 aromatic carbocycles. The molecule has 7 heteroatoms. The summed E-state index contributed by atoms with van der Waals surface area (Å²) >= 11 is 6.01. The van der Waals surface area contributed by atoms with Gasteiger partial charge in [0.15, 0.2) is 0 Å². The largest absolute Gasteiger partial charge is 0.390 e. The molecule has 2 heterocycles. The third-order valence-corrected chi connectivity index (χ3v) is 5.64. The van der Waals surface area contributed by atoms with Gasteiger partial charge in [-0.25, -0.2) is 4.39 Å². The number of carbonyl (C=O) groups is 1. The summed E-state index contributed by atoms with van der Waals surface area (Å²) < 4.78 is 13.1. The molecule has 0 saturated carbocycles. The van der Waals surface area contributed by atoms with E-state index in [1.54, 1.807) is 23.1 Å². The second-order valence-corrected chi connectivity index (χ2v) is 7.81. The van der Waals surface area contributed by atoms with Crippen LogP contribution in [0.3, 0.4) is 0 Å². The zero-order valence-corrected chi connectivity index (χ0v) is 16.3. The van der Waals surface area contributed by atoms with Gasteiger partial charge in [-0.15, -0.1) is 0 Å². The van der Waals surface area contributed by atoms with Gasteiger partial charge < -0.3 is 14.9 Å². The quantitative estimate of drug-likeness (QED) is 0.833. The average molecular weight is 404 g/mol. The molecule has 0 aromatic heterocycles. The van der Waals surface area contributed by atoms with Gasteiger partial charge >= 0.3 is 0 Å². The highest BCUT2D eigenvalue weighted by molar-refractivity contribution is 6.30. The summed E-state index contributed by atoms with van der Waals surface area (Å²) in [5.74, 6) is -0.233. The Morgan fingerprint density at radius 2 is 1.75 bits per heavy atom. The molecule has 2 aliphatic heterocycles. The smallest absolute Gasteiger partial charge is 0.231 e. The molecular weight excluding hydrogens is 381 g/mol. The van der Waals surface area contributed by atoms with Crippen molar-refractivity contribution in [1.82, 2.24) is 4.90 Å². The Bertz CT molecular complexity index is 853. The monoisotopic (exact) mass is 403 g/mol. The van der Waals surface area contributed by atoms with Crippen LogP contribution in [0.4, 0.5) is 15.8 Å². The second kappa shape index (κ2) is 8.07. The summed E-state index contributed by atoms with van der Waals surface area (Å²) in [6, 6.07) is 12.0. The van der Waals surface area contributed by atoms with Crippen LogP contribution in [0.2, 0.25) is 5.02 Å². The fourth-order valence-corrected chi connectivity index (χ4v) is 4.15. The van der Waals surface area contributed by atoms with Crippen LogP contribution in [0.15, 0.2) is 42.5 Å². The number of nitrogens with zero attached hydrogens (tertiary/aromatic N) is 3. The summed E-state index contributed by atoms with van der Waals surface area (Å²) in [5, 5.41) is 11.2. The van der Waals surface area contributed by atoms with Gasteiger partial charge in [0.1, 0.15) is 5.82 Å². The number of hydrogen-bond donors (Lipinski definition) is 1. The number of benzene rings is 2. The van der Waals surface area contributed by atoms with Gasteiger partial charge in [0.25, 0.3) is 0 Å². The maximum Gasteiger partial charge on any atom is 0.231 e. The van der Waals surface area contributed by atoms with E-state index in [4.69, 9.17) is 11.6 Å². The number of halogens is 2. The lowest BCUT2D eigenvalue weighted by molar-refractivity contribution is -0.117. The van der Waals surface area contributed by atoms with E-state index in [1.807, 2.05) is 12.1 Å². The zero-order chi connectivity index (χ0) is 19.7. The first kappa shape index (κ1) is 19.2. The molecule has 1 saturated heterocycles. The standard InChI is InChI=1S/C21H23ClFN3O2/c22-16-1-6-20-15(11-16)12-21(28)26(20)14-19(27)13-24-7-9-25(10-8-24)18-4-2-17(23)3-5-18/h1-6,11,19,27H,7-10,12-14H2. The Kier molecular flexibility index (Phi) is 5.53. The van der Waals surface area contributed by atoms with Crippen molar-refractivity contribution < 1.29 is 14.3 Å². The minimum absolute atomic E-state index is 0.00237. The Morgan fingerprint density at radius 1 is 1.04 bits per heavy atom. The second-order valence-electron chi connectivity index (χ2n) is 7.37. The molecule has 0 spiro atoms. The molecule has 1 N–H and O–H groups in total. The molecule has 1 unspecified atom stereocenters.